The van der Waals surface area contributed by atoms with E-state index in [1.54, 1.807) is 23.7 Å². The van der Waals surface area contributed by atoms with Gasteiger partial charge in [0.2, 0.25) is 5.91 Å². The van der Waals surface area contributed by atoms with Gasteiger partial charge in [0.15, 0.2) is 5.13 Å². The highest BCUT2D eigenvalue weighted by Crippen LogP contribution is 2.30. The molecule has 0 spiro atoms. The number of hydrogen-bond donors (Lipinski definition) is 1. The number of nitrogens with zero attached hydrogens (tertiary/aromatic N) is 4. The average molecular weight is 398 g/mol. The van der Waals surface area contributed by atoms with E-state index in [4.69, 9.17) is 0 Å². The van der Waals surface area contributed by atoms with Crippen molar-refractivity contribution in [3.05, 3.63) is 46.7 Å². The van der Waals surface area contributed by atoms with Crippen molar-refractivity contribution >= 4 is 33.4 Å². The predicted molar refractivity (Wildman–Crippen MR) is 115 cm³/mol. The normalized spacial score (nSPS) is 15.1. The van der Waals surface area contributed by atoms with E-state index in [2.05, 4.69) is 44.2 Å². The van der Waals surface area contributed by atoms with E-state index in [1.807, 2.05) is 19.9 Å². The molecule has 28 heavy (non-hydrogen) atoms. The lowest BCUT2D eigenvalue weighted by atomic mass is 10.1. The van der Waals surface area contributed by atoms with Gasteiger partial charge in [0.05, 0.1) is 16.7 Å². The van der Waals surface area contributed by atoms with Gasteiger partial charge in [-0.3, -0.25) is 19.7 Å². The summed E-state index contributed by atoms with van der Waals surface area (Å²) >= 11 is 1.60. The number of nitrogens with one attached hydrogen (secondary N) is 1. The number of rotatable bonds is 3. The molecule has 0 aliphatic carbocycles. The first-order chi connectivity index (χ1) is 13.6. The van der Waals surface area contributed by atoms with Crippen LogP contribution < -0.4 is 5.32 Å². The topological polar surface area (TPSA) is 71.0 Å². The lowest BCUT2D eigenvalue weighted by molar-refractivity contribution is -0.114. The fourth-order valence-corrected chi connectivity index (χ4v) is 4.47. The minimum Gasteiger partial charge on any atom is -0.302 e. The Hall–Kier alpha value is -2.38. The first kappa shape index (κ1) is 20.4. The van der Waals surface area contributed by atoms with Crippen molar-refractivity contribution in [2.24, 2.45) is 0 Å². The van der Waals surface area contributed by atoms with Crippen LogP contribution in [-0.2, 0) is 17.6 Å². The van der Waals surface area contributed by atoms with Crippen LogP contribution in [0.4, 0.5) is 5.13 Å². The summed E-state index contributed by atoms with van der Waals surface area (Å²) in [5, 5.41) is 3.52. The maximum atomic E-state index is 11.2. The molecule has 2 aromatic heterocycles. The van der Waals surface area contributed by atoms with Gasteiger partial charge >= 0.3 is 0 Å². The summed E-state index contributed by atoms with van der Waals surface area (Å²) in [6.07, 6.45) is 5.33. The van der Waals surface area contributed by atoms with Crippen LogP contribution in [-0.4, -0.2) is 38.8 Å². The smallest absolute Gasteiger partial charge is 0.223 e. The van der Waals surface area contributed by atoms with Crippen LogP contribution >= 0.6 is 11.3 Å². The van der Waals surface area contributed by atoms with Crippen LogP contribution in [0.25, 0.3) is 11.0 Å². The lowest BCUT2D eigenvalue weighted by Crippen LogP contribution is -2.29. The van der Waals surface area contributed by atoms with Gasteiger partial charge in [0, 0.05) is 49.7 Å². The van der Waals surface area contributed by atoms with Gasteiger partial charge in [0.25, 0.3) is 0 Å². The van der Waals surface area contributed by atoms with E-state index >= 15 is 0 Å². The summed E-state index contributed by atoms with van der Waals surface area (Å²) in [5.41, 5.74) is 4.25. The largest absolute Gasteiger partial charge is 0.302 e. The maximum absolute atomic E-state index is 11.2. The van der Waals surface area contributed by atoms with Crippen LogP contribution in [0, 0.1) is 0 Å². The van der Waals surface area contributed by atoms with Crippen molar-refractivity contribution in [1.82, 2.24) is 19.9 Å². The number of carbonyl (C=O) groups is 1. The van der Waals surface area contributed by atoms with Crippen molar-refractivity contribution in [3.63, 3.8) is 0 Å². The molecule has 3 aromatic rings. The fourth-order valence-electron chi connectivity index (χ4n) is 3.42. The van der Waals surface area contributed by atoms with Crippen LogP contribution in [0.1, 0.15) is 49.9 Å². The van der Waals surface area contributed by atoms with Gasteiger partial charge < -0.3 is 5.32 Å². The Kier molecular flexibility index (Phi) is 6.70. The molecule has 0 bridgehead atoms. The zero-order chi connectivity index (χ0) is 20.1. The Morgan fingerprint density at radius 3 is 2.61 bits per heavy atom. The van der Waals surface area contributed by atoms with Crippen molar-refractivity contribution in [1.29, 1.82) is 0 Å². The molecule has 148 valence electrons. The number of anilines is 1. The third kappa shape index (κ3) is 4.54. The SMILES string of the molecule is CC.CC(=O)Nc1nc2c(s1)CCN(C(C)c1ccc3nccnc3c1)CC2. The zero-order valence-electron chi connectivity index (χ0n) is 16.9. The molecule has 1 unspecified atom stereocenters. The molecule has 0 saturated heterocycles. The van der Waals surface area contributed by atoms with Gasteiger partial charge in [-0.25, -0.2) is 4.98 Å². The van der Waals surface area contributed by atoms with Crippen molar-refractivity contribution in [3.8, 4) is 0 Å². The van der Waals surface area contributed by atoms with E-state index in [-0.39, 0.29) is 5.91 Å². The molecule has 6 nitrogen and oxygen atoms in total. The second kappa shape index (κ2) is 9.21. The maximum Gasteiger partial charge on any atom is 0.223 e. The van der Waals surface area contributed by atoms with E-state index in [0.717, 1.165) is 47.8 Å². The molecule has 1 amide bonds. The van der Waals surface area contributed by atoms with Crippen LogP contribution in [0.3, 0.4) is 0 Å². The molecule has 0 fully saturated rings. The fraction of sp³-hybridized carbons (Fsp3) is 0.429. The molecule has 1 aliphatic rings. The summed E-state index contributed by atoms with van der Waals surface area (Å²) in [4.78, 5) is 28.4. The summed E-state index contributed by atoms with van der Waals surface area (Å²) in [6.45, 7) is 9.70. The first-order valence-electron chi connectivity index (χ1n) is 9.81. The number of amides is 1. The number of benzene rings is 1. The number of fused-ring (bicyclic) bond motifs is 2. The number of aromatic nitrogens is 3. The van der Waals surface area contributed by atoms with Gasteiger partial charge in [0.1, 0.15) is 0 Å². The predicted octanol–water partition coefficient (Wildman–Crippen LogP) is 4.23. The summed E-state index contributed by atoms with van der Waals surface area (Å²) in [5.74, 6) is -0.0661. The highest BCUT2D eigenvalue weighted by Gasteiger charge is 2.22. The Morgan fingerprint density at radius 1 is 1.14 bits per heavy atom. The Morgan fingerprint density at radius 2 is 1.86 bits per heavy atom. The quantitative estimate of drug-likeness (QED) is 0.716. The van der Waals surface area contributed by atoms with Crippen LogP contribution in [0.2, 0.25) is 0 Å². The first-order valence-corrected chi connectivity index (χ1v) is 10.6. The molecule has 1 aliphatic heterocycles. The van der Waals surface area contributed by atoms with Gasteiger partial charge in [-0.05, 0) is 31.0 Å². The zero-order valence-corrected chi connectivity index (χ0v) is 17.7. The minimum absolute atomic E-state index is 0.0661. The summed E-state index contributed by atoms with van der Waals surface area (Å²) in [7, 11) is 0. The minimum atomic E-state index is -0.0661. The highest BCUT2D eigenvalue weighted by atomic mass is 32.1. The molecule has 1 aromatic carbocycles. The summed E-state index contributed by atoms with van der Waals surface area (Å²) < 4.78 is 0. The second-order valence-corrected chi connectivity index (χ2v) is 7.67. The molecule has 1 N–H and O–H groups in total. The lowest BCUT2D eigenvalue weighted by Gasteiger charge is -2.28. The monoisotopic (exact) mass is 397 g/mol. The number of thiazole rings is 1. The van der Waals surface area contributed by atoms with E-state index in [1.165, 1.54) is 17.4 Å². The van der Waals surface area contributed by atoms with Crippen molar-refractivity contribution < 1.29 is 4.79 Å². The van der Waals surface area contributed by atoms with Gasteiger partial charge in [-0.1, -0.05) is 19.9 Å². The molecule has 7 heteroatoms. The molecular weight excluding hydrogens is 370 g/mol. The van der Waals surface area contributed by atoms with Crippen LogP contribution in [0.15, 0.2) is 30.6 Å². The van der Waals surface area contributed by atoms with Crippen molar-refractivity contribution in [2.45, 2.75) is 46.6 Å². The van der Waals surface area contributed by atoms with E-state index < -0.39 is 0 Å². The molecule has 0 radical (unpaired) electrons. The van der Waals surface area contributed by atoms with E-state index in [0.29, 0.717) is 6.04 Å². The molecule has 4 rings (SSSR count). The van der Waals surface area contributed by atoms with Crippen LogP contribution in [0.5, 0.6) is 0 Å². The average Bonchev–Trinajstić information content (AvgIpc) is 2.98. The Bertz CT molecular complexity index is 929. The number of carbonyl (C=O) groups excluding carboxylic acids is 1. The Labute approximate surface area is 170 Å². The van der Waals surface area contributed by atoms with E-state index in [9.17, 15) is 4.79 Å². The molecule has 0 saturated carbocycles. The second-order valence-electron chi connectivity index (χ2n) is 6.59. The van der Waals surface area contributed by atoms with Crippen molar-refractivity contribution in [2.75, 3.05) is 18.4 Å². The third-order valence-electron chi connectivity index (χ3n) is 4.85. The number of hydrogen-bond acceptors (Lipinski definition) is 6. The molecule has 3 heterocycles. The highest BCUT2D eigenvalue weighted by molar-refractivity contribution is 7.15. The molecular formula is C21H27N5OS. The molecule has 1 atom stereocenters. The third-order valence-corrected chi connectivity index (χ3v) is 5.92. The Balaban J connectivity index is 0.00000109. The summed E-state index contributed by atoms with van der Waals surface area (Å²) in [6, 6.07) is 6.64. The van der Waals surface area contributed by atoms with Gasteiger partial charge in [-0.2, -0.15) is 0 Å². The standard InChI is InChI=1S/C19H21N5OS.C2H6/c1-12(14-3-4-15-17(11-14)21-8-7-20-15)24-9-5-16-18(6-10-24)26-19(23-16)22-13(2)25;1-2/h3-4,7-8,11-12H,5-6,9-10H2,1-2H3,(H,22,23,25);1-2H3. The van der Waals surface area contributed by atoms with Gasteiger partial charge in [-0.15, -0.1) is 11.3 Å².